The molecule has 0 bridgehead atoms. The number of likely N-dealkylation sites (tertiary alicyclic amines) is 1. The zero-order valence-electron chi connectivity index (χ0n) is 18.0. The van der Waals surface area contributed by atoms with Crippen LogP contribution in [0.15, 0.2) is 30.3 Å². The third-order valence-electron chi connectivity index (χ3n) is 5.48. The van der Waals surface area contributed by atoms with Crippen molar-refractivity contribution >= 4 is 16.0 Å². The minimum atomic E-state index is -3.51. The van der Waals surface area contributed by atoms with E-state index in [4.69, 9.17) is 4.74 Å². The van der Waals surface area contributed by atoms with Crippen molar-refractivity contribution in [1.29, 1.82) is 0 Å². The number of rotatable bonds is 11. The van der Waals surface area contributed by atoms with Crippen molar-refractivity contribution in [3.63, 3.8) is 0 Å². The van der Waals surface area contributed by atoms with Gasteiger partial charge in [0.05, 0.1) is 12.9 Å². The first kappa shape index (κ1) is 23.8. The smallest absolute Gasteiger partial charge is 0.323 e. The molecule has 1 N–H and O–H groups in total. The van der Waals surface area contributed by atoms with Crippen molar-refractivity contribution in [2.45, 2.75) is 52.0 Å². The van der Waals surface area contributed by atoms with Gasteiger partial charge in [-0.15, -0.1) is 0 Å². The predicted molar refractivity (Wildman–Crippen MR) is 116 cm³/mol. The van der Waals surface area contributed by atoms with Crippen molar-refractivity contribution in [3.05, 3.63) is 35.9 Å². The highest BCUT2D eigenvalue weighted by molar-refractivity contribution is 7.89. The van der Waals surface area contributed by atoms with E-state index >= 15 is 0 Å². The van der Waals surface area contributed by atoms with Crippen molar-refractivity contribution < 1.29 is 17.9 Å². The number of nitrogens with zero attached hydrogens (tertiary/aromatic N) is 1. The minimum absolute atomic E-state index is 0.0303. The summed E-state index contributed by atoms with van der Waals surface area (Å²) in [6.07, 6.45) is 4.42. The van der Waals surface area contributed by atoms with Crippen LogP contribution in [0.2, 0.25) is 0 Å². The summed E-state index contributed by atoms with van der Waals surface area (Å²) in [5, 5.41) is 0. The van der Waals surface area contributed by atoms with Crippen LogP contribution in [-0.2, 0) is 26.0 Å². The number of esters is 1. The van der Waals surface area contributed by atoms with E-state index < -0.39 is 22.0 Å². The highest BCUT2D eigenvalue weighted by Gasteiger charge is 2.26. The largest absolute Gasteiger partial charge is 0.468 e. The van der Waals surface area contributed by atoms with E-state index in [0.717, 1.165) is 38.9 Å². The fourth-order valence-electron chi connectivity index (χ4n) is 3.92. The number of ether oxygens (including phenoxy) is 1. The van der Waals surface area contributed by atoms with E-state index in [1.807, 2.05) is 19.9 Å². The topological polar surface area (TPSA) is 75.7 Å². The molecule has 164 valence electrons. The quantitative estimate of drug-likeness (QED) is 0.553. The lowest BCUT2D eigenvalue weighted by Crippen LogP contribution is -2.43. The summed E-state index contributed by atoms with van der Waals surface area (Å²) < 4.78 is 32.1. The molecule has 1 saturated heterocycles. The molecule has 0 saturated carbocycles. The molecule has 29 heavy (non-hydrogen) atoms. The van der Waals surface area contributed by atoms with E-state index in [2.05, 4.69) is 33.9 Å². The Morgan fingerprint density at radius 2 is 1.86 bits per heavy atom. The van der Waals surface area contributed by atoms with Gasteiger partial charge in [0.25, 0.3) is 0 Å². The highest BCUT2D eigenvalue weighted by atomic mass is 32.2. The number of piperidine rings is 1. The van der Waals surface area contributed by atoms with Crippen LogP contribution < -0.4 is 4.72 Å². The maximum Gasteiger partial charge on any atom is 0.323 e. The van der Waals surface area contributed by atoms with Crippen LogP contribution in [0.5, 0.6) is 0 Å². The van der Waals surface area contributed by atoms with Gasteiger partial charge in [-0.2, -0.15) is 0 Å². The van der Waals surface area contributed by atoms with Crippen LogP contribution in [0.25, 0.3) is 0 Å². The minimum Gasteiger partial charge on any atom is -0.468 e. The summed E-state index contributed by atoms with van der Waals surface area (Å²) in [5.74, 6) is 0.403. The Balaban J connectivity index is 1.71. The van der Waals surface area contributed by atoms with Crippen molar-refractivity contribution in [2.24, 2.45) is 11.8 Å². The van der Waals surface area contributed by atoms with Gasteiger partial charge in [-0.1, -0.05) is 44.2 Å². The molecule has 1 aromatic carbocycles. The Morgan fingerprint density at radius 3 is 2.45 bits per heavy atom. The zero-order chi connectivity index (χ0) is 21.3. The average molecular weight is 425 g/mol. The SMILES string of the molecule is COC(=O)[C@H](CC(C)C)NS(=O)(=O)CCCN1CCC(Cc2ccccc2)CC1. The van der Waals surface area contributed by atoms with E-state index in [1.165, 1.54) is 12.7 Å². The Bertz CT molecular complexity index is 714. The fraction of sp³-hybridized carbons (Fsp3) is 0.682. The summed E-state index contributed by atoms with van der Waals surface area (Å²) in [6, 6.07) is 9.79. The molecule has 0 unspecified atom stereocenters. The molecule has 1 aliphatic rings. The van der Waals surface area contributed by atoms with Crippen LogP contribution in [0.1, 0.15) is 45.1 Å². The standard InChI is InChI=1S/C22H36N2O4S/c1-18(2)16-21(22(25)28-3)23-29(26,27)15-7-12-24-13-10-20(11-14-24)17-19-8-5-4-6-9-19/h4-6,8-9,18,20-21,23H,7,10-17H2,1-3H3/t21-/m0/s1. The molecule has 0 spiro atoms. The average Bonchev–Trinajstić information content (AvgIpc) is 2.68. The lowest BCUT2D eigenvalue weighted by atomic mass is 9.90. The van der Waals surface area contributed by atoms with Crippen molar-refractivity contribution in [2.75, 3.05) is 32.5 Å². The number of carbonyl (C=O) groups is 1. The second kappa shape index (κ2) is 11.7. The molecule has 0 aromatic heterocycles. The molecule has 1 heterocycles. The molecule has 1 fully saturated rings. The van der Waals surface area contributed by atoms with Gasteiger partial charge in [0.2, 0.25) is 10.0 Å². The molecule has 1 atom stereocenters. The van der Waals surface area contributed by atoms with Crippen LogP contribution in [-0.4, -0.2) is 57.8 Å². The maximum atomic E-state index is 12.4. The predicted octanol–water partition coefficient (Wildman–Crippen LogP) is 2.84. The van der Waals surface area contributed by atoms with Crippen LogP contribution >= 0.6 is 0 Å². The lowest BCUT2D eigenvalue weighted by molar-refractivity contribution is -0.143. The lowest BCUT2D eigenvalue weighted by Gasteiger charge is -2.32. The Kier molecular flexibility index (Phi) is 9.59. The first-order chi connectivity index (χ1) is 13.8. The number of nitrogens with one attached hydrogen (secondary N) is 1. The maximum absolute atomic E-state index is 12.4. The van der Waals surface area contributed by atoms with E-state index in [9.17, 15) is 13.2 Å². The summed E-state index contributed by atoms with van der Waals surface area (Å²) >= 11 is 0. The summed E-state index contributed by atoms with van der Waals surface area (Å²) in [6.45, 7) is 6.70. The third-order valence-corrected chi connectivity index (χ3v) is 6.95. The number of methoxy groups -OCH3 is 1. The van der Waals surface area contributed by atoms with Gasteiger partial charge in [0.1, 0.15) is 6.04 Å². The van der Waals surface area contributed by atoms with Crippen molar-refractivity contribution in [3.8, 4) is 0 Å². The number of benzene rings is 1. The fourth-order valence-corrected chi connectivity index (χ4v) is 5.17. The second-order valence-electron chi connectivity index (χ2n) is 8.47. The highest BCUT2D eigenvalue weighted by Crippen LogP contribution is 2.21. The van der Waals surface area contributed by atoms with E-state index in [1.54, 1.807) is 0 Å². The van der Waals surface area contributed by atoms with Gasteiger partial charge in [0, 0.05) is 0 Å². The monoisotopic (exact) mass is 424 g/mol. The number of hydrogen-bond acceptors (Lipinski definition) is 5. The summed E-state index contributed by atoms with van der Waals surface area (Å²) in [5.41, 5.74) is 1.39. The third kappa shape index (κ3) is 8.84. The molecule has 1 aromatic rings. The summed E-state index contributed by atoms with van der Waals surface area (Å²) in [7, 11) is -2.23. The van der Waals surface area contributed by atoms with Gasteiger partial charge in [0.15, 0.2) is 0 Å². The van der Waals surface area contributed by atoms with Crippen LogP contribution in [0.4, 0.5) is 0 Å². The molecule has 6 nitrogen and oxygen atoms in total. The second-order valence-corrected chi connectivity index (χ2v) is 10.3. The van der Waals surface area contributed by atoms with Crippen LogP contribution in [0, 0.1) is 11.8 Å². The molecule has 7 heteroatoms. The van der Waals surface area contributed by atoms with E-state index in [0.29, 0.717) is 18.8 Å². The van der Waals surface area contributed by atoms with Gasteiger partial charge in [-0.25, -0.2) is 13.1 Å². The molecule has 0 radical (unpaired) electrons. The molecular weight excluding hydrogens is 388 g/mol. The van der Waals surface area contributed by atoms with E-state index in [-0.39, 0.29) is 11.7 Å². The number of hydrogen-bond donors (Lipinski definition) is 1. The van der Waals surface area contributed by atoms with Gasteiger partial charge in [-0.05, 0) is 69.1 Å². The molecule has 1 aliphatic heterocycles. The van der Waals surface area contributed by atoms with Crippen molar-refractivity contribution in [1.82, 2.24) is 9.62 Å². The molecule has 0 aliphatic carbocycles. The molecule has 0 amide bonds. The zero-order valence-corrected chi connectivity index (χ0v) is 18.8. The molecular formula is C22H36N2O4S. The first-order valence-corrected chi connectivity index (χ1v) is 12.3. The van der Waals surface area contributed by atoms with Gasteiger partial charge >= 0.3 is 5.97 Å². The van der Waals surface area contributed by atoms with Crippen LogP contribution in [0.3, 0.4) is 0 Å². The van der Waals surface area contributed by atoms with Gasteiger partial charge in [-0.3, -0.25) is 4.79 Å². The Labute approximate surface area is 176 Å². The number of sulfonamides is 1. The Morgan fingerprint density at radius 1 is 1.21 bits per heavy atom. The normalized spacial score (nSPS) is 17.4. The Hall–Kier alpha value is -1.44. The summed E-state index contributed by atoms with van der Waals surface area (Å²) in [4.78, 5) is 14.2. The first-order valence-electron chi connectivity index (χ1n) is 10.6. The number of carbonyl (C=O) groups excluding carboxylic acids is 1. The molecule has 2 rings (SSSR count). The van der Waals surface area contributed by atoms with Gasteiger partial charge < -0.3 is 9.64 Å².